The Morgan fingerprint density at radius 3 is 2.68 bits per heavy atom. The van der Waals surface area contributed by atoms with Crippen LogP contribution in [0.3, 0.4) is 0 Å². The third-order valence-electron chi connectivity index (χ3n) is 11.2. The minimum Gasteiger partial charge on any atom is -0.464 e. The number of amides is 3. The molecule has 5 heterocycles. The number of aromatic nitrogens is 2. The van der Waals surface area contributed by atoms with E-state index < -0.39 is 35.4 Å². The molecule has 3 amide bonds. The predicted octanol–water partition coefficient (Wildman–Crippen LogP) is 4.35. The second-order valence-electron chi connectivity index (χ2n) is 16.4. The SMILES string of the molecule is CCn1c(C2=C([C@H](C)OC)NCC=C2)c2c3cc(ccc31)-c1csc(n1)C[C@H](NNC(=O)[C@H](C(C)C)N(C)C(C)=O)C(=O)N1CCC[C@H](N1)C(=O)OCC(C)(C)C2. The Labute approximate surface area is 339 Å². The Hall–Kier alpha value is -4.57. The van der Waals surface area contributed by atoms with Gasteiger partial charge in [0.25, 0.3) is 11.8 Å². The topological polar surface area (TPSA) is 159 Å². The molecule has 4 N–H and O–H groups in total. The first-order valence-electron chi connectivity index (χ1n) is 19.9. The largest absolute Gasteiger partial charge is 0.464 e. The van der Waals surface area contributed by atoms with E-state index in [1.807, 2.05) is 26.2 Å². The van der Waals surface area contributed by atoms with E-state index in [-0.39, 0.29) is 36.9 Å². The van der Waals surface area contributed by atoms with Crippen molar-refractivity contribution in [2.75, 3.05) is 33.9 Å². The number of dihydropyridines is 1. The van der Waals surface area contributed by atoms with Gasteiger partial charge >= 0.3 is 5.97 Å². The number of rotatable bonds is 9. The van der Waals surface area contributed by atoms with E-state index in [2.05, 4.69) is 77.3 Å². The van der Waals surface area contributed by atoms with Crippen LogP contribution in [0.2, 0.25) is 0 Å². The third kappa shape index (κ3) is 8.96. The molecule has 4 atom stereocenters. The Morgan fingerprint density at radius 1 is 1.21 bits per heavy atom. The first kappa shape index (κ1) is 42.0. The number of benzene rings is 1. The van der Waals surface area contributed by atoms with Crippen LogP contribution in [0.25, 0.3) is 27.7 Å². The van der Waals surface area contributed by atoms with Crippen molar-refractivity contribution in [3.8, 4) is 11.3 Å². The van der Waals surface area contributed by atoms with Gasteiger partial charge in [-0.1, -0.05) is 45.9 Å². The monoisotopic (exact) mass is 802 g/mol. The highest BCUT2D eigenvalue weighted by atomic mass is 32.1. The highest BCUT2D eigenvalue weighted by molar-refractivity contribution is 7.10. The van der Waals surface area contributed by atoms with Crippen LogP contribution in [-0.2, 0) is 48.0 Å². The fourth-order valence-electron chi connectivity index (χ4n) is 8.08. The summed E-state index contributed by atoms with van der Waals surface area (Å²) in [5, 5.41) is 8.80. The second-order valence-corrected chi connectivity index (χ2v) is 17.3. The van der Waals surface area contributed by atoms with Crippen LogP contribution >= 0.6 is 11.3 Å². The maximum atomic E-state index is 14.2. The highest BCUT2D eigenvalue weighted by Crippen LogP contribution is 2.40. The number of methoxy groups -OCH3 is 1. The molecule has 2 aromatic heterocycles. The fraction of sp³-hybridized carbons (Fsp3) is 0.548. The molecule has 15 heteroatoms. The molecule has 6 rings (SSSR count). The number of hydrazine groups is 2. The highest BCUT2D eigenvalue weighted by Gasteiger charge is 2.36. The molecule has 3 aliphatic rings. The molecule has 3 aliphatic heterocycles. The number of esters is 1. The Morgan fingerprint density at radius 2 is 1.98 bits per heavy atom. The van der Waals surface area contributed by atoms with Crippen LogP contribution < -0.4 is 21.6 Å². The van der Waals surface area contributed by atoms with Gasteiger partial charge in [0.15, 0.2) is 0 Å². The van der Waals surface area contributed by atoms with Crippen molar-refractivity contribution in [2.45, 2.75) is 105 Å². The number of hydrogen-bond acceptors (Lipinski definition) is 11. The summed E-state index contributed by atoms with van der Waals surface area (Å²) in [6, 6.07) is 4.02. The lowest BCUT2D eigenvalue weighted by atomic mass is 9.84. The molecule has 308 valence electrons. The summed E-state index contributed by atoms with van der Waals surface area (Å²) in [6.07, 6.45) is 6.04. The summed E-state index contributed by atoms with van der Waals surface area (Å²) in [5.41, 5.74) is 15.5. The van der Waals surface area contributed by atoms with E-state index in [1.54, 1.807) is 14.2 Å². The predicted molar refractivity (Wildman–Crippen MR) is 221 cm³/mol. The molecule has 0 radical (unpaired) electrons. The first-order valence-corrected chi connectivity index (χ1v) is 20.8. The number of ether oxygens (including phenoxy) is 2. The van der Waals surface area contributed by atoms with E-state index in [1.165, 1.54) is 28.2 Å². The third-order valence-corrected chi connectivity index (χ3v) is 12.1. The van der Waals surface area contributed by atoms with Crippen molar-refractivity contribution >= 4 is 51.5 Å². The van der Waals surface area contributed by atoms with Gasteiger partial charge < -0.3 is 24.3 Å². The number of thiazole rings is 1. The van der Waals surface area contributed by atoms with Crippen LogP contribution in [-0.4, -0.2) is 101 Å². The molecule has 0 spiro atoms. The first-order chi connectivity index (χ1) is 27.1. The van der Waals surface area contributed by atoms with Crippen molar-refractivity contribution in [1.82, 2.24) is 41.1 Å². The van der Waals surface area contributed by atoms with Gasteiger partial charge in [-0.15, -0.1) is 11.3 Å². The Balaban J connectivity index is 1.44. The quantitative estimate of drug-likeness (QED) is 0.181. The standard InChI is InChI=1S/C42H58N8O6S/c1-10-49-34-16-15-27-19-29(34)30(38(49)28-13-11-17-43-36(28)25(4)55-9)21-42(6,7)23-56-41(54)31-14-12-18-50(47-31)40(53)32(20-35-44-33(27)22-57-35)45-46-39(52)37(24(2)3)48(8)26(5)51/h11,13,15-16,19,22,24-25,31-32,37,43,45,47H,10,12,14,17-18,20-21,23H2,1-9H3,(H,46,52)/t25-,31-,32-,37-/m0/s1. The maximum Gasteiger partial charge on any atom is 0.324 e. The number of aryl methyl sites for hydroxylation is 1. The van der Waals surface area contributed by atoms with E-state index in [4.69, 9.17) is 14.5 Å². The average molecular weight is 803 g/mol. The van der Waals surface area contributed by atoms with Gasteiger partial charge in [0.1, 0.15) is 18.1 Å². The van der Waals surface area contributed by atoms with E-state index in [0.717, 1.165) is 51.2 Å². The Bertz CT molecular complexity index is 2070. The number of fused-ring (bicyclic) bond motifs is 6. The minimum atomic E-state index is -0.937. The molecule has 0 saturated carbocycles. The molecule has 1 aromatic carbocycles. The van der Waals surface area contributed by atoms with Crippen LogP contribution in [0.1, 0.15) is 77.6 Å². The number of carbonyl (C=O) groups is 4. The zero-order valence-electron chi connectivity index (χ0n) is 34.7. The van der Waals surface area contributed by atoms with Gasteiger partial charge in [-0.05, 0) is 56.7 Å². The lowest BCUT2D eigenvalue weighted by Gasteiger charge is -2.36. The van der Waals surface area contributed by atoms with Crippen molar-refractivity contribution in [3.63, 3.8) is 0 Å². The normalized spacial score (nSPS) is 21.2. The zero-order valence-corrected chi connectivity index (χ0v) is 35.5. The smallest absolute Gasteiger partial charge is 0.324 e. The van der Waals surface area contributed by atoms with E-state index in [9.17, 15) is 19.2 Å². The van der Waals surface area contributed by atoms with Gasteiger partial charge in [0.05, 0.1) is 29.1 Å². The van der Waals surface area contributed by atoms with E-state index in [0.29, 0.717) is 37.4 Å². The van der Waals surface area contributed by atoms with Crippen molar-refractivity contribution in [2.24, 2.45) is 11.3 Å². The molecular formula is C42H58N8O6S. The number of allylic oxidation sites excluding steroid dienone is 2. The second kappa shape index (κ2) is 17.5. The minimum absolute atomic E-state index is 0.155. The molecular weight excluding hydrogens is 745 g/mol. The van der Waals surface area contributed by atoms with Crippen LogP contribution in [0, 0.1) is 11.3 Å². The summed E-state index contributed by atoms with van der Waals surface area (Å²) < 4.78 is 14.3. The summed E-state index contributed by atoms with van der Waals surface area (Å²) in [5.74, 6) is -1.65. The number of cyclic esters (lactones) is 1. The van der Waals surface area contributed by atoms with Crippen LogP contribution in [0.4, 0.5) is 0 Å². The summed E-state index contributed by atoms with van der Waals surface area (Å²) >= 11 is 1.44. The fourth-order valence-corrected chi connectivity index (χ4v) is 8.93. The molecule has 1 saturated heterocycles. The van der Waals surface area contributed by atoms with Gasteiger partial charge in [-0.2, -0.15) is 0 Å². The number of nitrogens with zero attached hydrogens (tertiary/aromatic N) is 4. The number of hydrogen-bond donors (Lipinski definition) is 4. The van der Waals surface area contributed by atoms with Crippen molar-refractivity contribution < 1.29 is 28.7 Å². The molecule has 57 heavy (non-hydrogen) atoms. The van der Waals surface area contributed by atoms with Gasteiger partial charge in [-0.3, -0.25) is 29.6 Å². The van der Waals surface area contributed by atoms with Crippen molar-refractivity contribution in [3.05, 3.63) is 57.7 Å². The zero-order chi connectivity index (χ0) is 41.2. The lowest BCUT2D eigenvalue weighted by molar-refractivity contribution is -0.155. The molecule has 14 nitrogen and oxygen atoms in total. The number of nitrogens with one attached hydrogen (secondary N) is 4. The average Bonchev–Trinajstić information content (AvgIpc) is 3.79. The summed E-state index contributed by atoms with van der Waals surface area (Å²) in [7, 11) is 3.31. The van der Waals surface area contributed by atoms with Gasteiger partial charge in [0, 0.05) is 85.7 Å². The molecule has 1 fully saturated rings. The molecule has 6 bridgehead atoms. The Kier molecular flexibility index (Phi) is 12.9. The lowest BCUT2D eigenvalue weighted by Crippen LogP contribution is -2.63. The molecule has 0 aliphatic carbocycles. The van der Waals surface area contributed by atoms with Crippen LogP contribution in [0.15, 0.2) is 41.4 Å². The van der Waals surface area contributed by atoms with Crippen molar-refractivity contribution in [1.29, 1.82) is 0 Å². The van der Waals surface area contributed by atoms with Crippen LogP contribution in [0.5, 0.6) is 0 Å². The number of carbonyl (C=O) groups excluding carboxylic acids is 4. The molecule has 0 unspecified atom stereocenters. The van der Waals surface area contributed by atoms with E-state index >= 15 is 0 Å². The number of likely N-dealkylation sites (N-methyl/N-ethyl adjacent to an activating group) is 1. The maximum absolute atomic E-state index is 14.2. The molecule has 3 aromatic rings. The van der Waals surface area contributed by atoms with Gasteiger partial charge in [0.2, 0.25) is 5.91 Å². The van der Waals surface area contributed by atoms with Gasteiger partial charge in [-0.25, -0.2) is 15.8 Å². The summed E-state index contributed by atoms with van der Waals surface area (Å²) in [4.78, 5) is 60.1. The summed E-state index contributed by atoms with van der Waals surface area (Å²) in [6.45, 7) is 15.5.